The highest BCUT2D eigenvalue weighted by Gasteiger charge is 2.41. The standard InChI is InChI=1S/C22H32N2O2/c1-6-7-20-13-25-22(26-20,14-24-11-10-23-15-24)9-8-21-18(4)16(2)12-17(3)19(21)5/h10-12,15,20H,6-9,13-14H2,1-5H3. The number of aromatic nitrogens is 2. The molecule has 1 aliphatic heterocycles. The number of rotatable bonds is 7. The zero-order chi connectivity index (χ0) is 18.7. The molecule has 1 aromatic carbocycles. The third-order valence-corrected chi connectivity index (χ3v) is 5.78. The third kappa shape index (κ3) is 4.02. The predicted octanol–water partition coefficient (Wildman–Crippen LogP) is 4.66. The maximum Gasteiger partial charge on any atom is 0.187 e. The van der Waals surface area contributed by atoms with Crippen molar-refractivity contribution in [3.8, 4) is 0 Å². The molecule has 2 unspecified atom stereocenters. The second kappa shape index (κ2) is 7.93. The summed E-state index contributed by atoms with van der Waals surface area (Å²) in [5.41, 5.74) is 6.97. The lowest BCUT2D eigenvalue weighted by atomic mass is 9.90. The highest BCUT2D eigenvalue weighted by Crippen LogP contribution is 2.34. The van der Waals surface area contributed by atoms with Crippen molar-refractivity contribution in [2.24, 2.45) is 0 Å². The molecular weight excluding hydrogens is 324 g/mol. The topological polar surface area (TPSA) is 36.3 Å². The summed E-state index contributed by atoms with van der Waals surface area (Å²) in [6.45, 7) is 12.4. The van der Waals surface area contributed by atoms with E-state index in [2.05, 4.69) is 50.2 Å². The maximum absolute atomic E-state index is 6.45. The van der Waals surface area contributed by atoms with Crippen LogP contribution in [0.1, 0.15) is 54.0 Å². The van der Waals surface area contributed by atoms with E-state index in [9.17, 15) is 0 Å². The lowest BCUT2D eigenvalue weighted by Gasteiger charge is -2.29. The van der Waals surface area contributed by atoms with E-state index in [1.807, 2.05) is 18.7 Å². The fourth-order valence-electron chi connectivity index (χ4n) is 4.02. The van der Waals surface area contributed by atoms with Crippen molar-refractivity contribution in [1.82, 2.24) is 9.55 Å². The van der Waals surface area contributed by atoms with Crippen LogP contribution in [-0.2, 0) is 22.4 Å². The van der Waals surface area contributed by atoms with Gasteiger partial charge in [0.15, 0.2) is 5.79 Å². The molecule has 0 N–H and O–H groups in total. The normalized spacial score (nSPS) is 22.9. The van der Waals surface area contributed by atoms with Crippen LogP contribution in [-0.4, -0.2) is 28.0 Å². The molecule has 0 saturated carbocycles. The lowest BCUT2D eigenvalue weighted by molar-refractivity contribution is -0.182. The number of hydrogen-bond donors (Lipinski definition) is 0. The SMILES string of the molecule is CCCC1COC(CCc2c(C)c(C)cc(C)c2C)(Cn2ccnc2)O1. The summed E-state index contributed by atoms with van der Waals surface area (Å²) in [5, 5.41) is 0. The van der Waals surface area contributed by atoms with E-state index >= 15 is 0 Å². The van der Waals surface area contributed by atoms with Gasteiger partial charge in [0.1, 0.15) is 0 Å². The summed E-state index contributed by atoms with van der Waals surface area (Å²) in [6, 6.07) is 2.29. The fourth-order valence-corrected chi connectivity index (χ4v) is 4.02. The summed E-state index contributed by atoms with van der Waals surface area (Å²) in [4.78, 5) is 4.17. The van der Waals surface area contributed by atoms with Crippen molar-refractivity contribution in [3.63, 3.8) is 0 Å². The molecule has 0 radical (unpaired) electrons. The minimum absolute atomic E-state index is 0.199. The third-order valence-electron chi connectivity index (χ3n) is 5.78. The van der Waals surface area contributed by atoms with Crippen LogP contribution < -0.4 is 0 Å². The van der Waals surface area contributed by atoms with Crippen LogP contribution in [0.3, 0.4) is 0 Å². The minimum Gasteiger partial charge on any atom is -0.345 e. The quantitative estimate of drug-likeness (QED) is 0.724. The summed E-state index contributed by atoms with van der Waals surface area (Å²) < 4.78 is 14.8. The van der Waals surface area contributed by atoms with E-state index in [1.54, 1.807) is 0 Å². The molecule has 1 aromatic heterocycles. The van der Waals surface area contributed by atoms with Gasteiger partial charge in [0, 0.05) is 18.8 Å². The van der Waals surface area contributed by atoms with Gasteiger partial charge in [-0.25, -0.2) is 4.98 Å². The van der Waals surface area contributed by atoms with Crippen LogP contribution in [0.4, 0.5) is 0 Å². The number of hydrogen-bond acceptors (Lipinski definition) is 3. The Labute approximate surface area is 157 Å². The number of nitrogens with zero attached hydrogens (tertiary/aromatic N) is 2. The molecule has 2 atom stereocenters. The van der Waals surface area contributed by atoms with E-state index < -0.39 is 5.79 Å². The second-order valence-electron chi connectivity index (χ2n) is 7.72. The van der Waals surface area contributed by atoms with Crippen molar-refractivity contribution >= 4 is 0 Å². The molecule has 142 valence electrons. The maximum atomic E-state index is 6.45. The van der Waals surface area contributed by atoms with E-state index in [-0.39, 0.29) is 6.10 Å². The molecule has 4 heteroatoms. The summed E-state index contributed by atoms with van der Waals surface area (Å²) in [7, 11) is 0. The molecular formula is C22H32N2O2. The van der Waals surface area contributed by atoms with Gasteiger partial charge >= 0.3 is 0 Å². The highest BCUT2D eigenvalue weighted by molar-refractivity contribution is 5.44. The van der Waals surface area contributed by atoms with Gasteiger partial charge in [-0.15, -0.1) is 0 Å². The van der Waals surface area contributed by atoms with Crippen molar-refractivity contribution < 1.29 is 9.47 Å². The first-order valence-corrected chi connectivity index (χ1v) is 9.78. The minimum atomic E-state index is -0.558. The highest BCUT2D eigenvalue weighted by atomic mass is 16.7. The molecule has 0 bridgehead atoms. The molecule has 2 aromatic rings. The smallest absolute Gasteiger partial charge is 0.187 e. The number of benzene rings is 1. The summed E-state index contributed by atoms with van der Waals surface area (Å²) in [6.07, 6.45) is 9.82. The molecule has 2 heterocycles. The van der Waals surface area contributed by atoms with Gasteiger partial charge in [-0.05, 0) is 68.4 Å². The Balaban J connectivity index is 1.81. The zero-order valence-electron chi connectivity index (χ0n) is 16.8. The first-order valence-electron chi connectivity index (χ1n) is 9.78. The van der Waals surface area contributed by atoms with Gasteiger partial charge in [-0.1, -0.05) is 19.4 Å². The van der Waals surface area contributed by atoms with Crippen LogP contribution >= 0.6 is 0 Å². The number of ether oxygens (including phenoxy) is 2. The van der Waals surface area contributed by atoms with Crippen LogP contribution in [0.15, 0.2) is 24.8 Å². The molecule has 3 rings (SSSR count). The van der Waals surface area contributed by atoms with Crippen LogP contribution in [0, 0.1) is 27.7 Å². The number of aryl methyl sites for hydroxylation is 2. The van der Waals surface area contributed by atoms with Gasteiger partial charge in [0.2, 0.25) is 0 Å². The Morgan fingerprint density at radius 1 is 1.19 bits per heavy atom. The zero-order valence-corrected chi connectivity index (χ0v) is 16.8. The number of imidazole rings is 1. The van der Waals surface area contributed by atoms with Gasteiger partial charge in [0.05, 0.1) is 25.6 Å². The molecule has 0 aliphatic carbocycles. The molecule has 4 nitrogen and oxygen atoms in total. The lowest BCUT2D eigenvalue weighted by Crippen LogP contribution is -2.37. The van der Waals surface area contributed by atoms with E-state index in [4.69, 9.17) is 9.47 Å². The second-order valence-corrected chi connectivity index (χ2v) is 7.72. The van der Waals surface area contributed by atoms with Crippen LogP contribution in [0.2, 0.25) is 0 Å². The molecule has 1 fully saturated rings. The Morgan fingerprint density at radius 2 is 1.92 bits per heavy atom. The van der Waals surface area contributed by atoms with Gasteiger partial charge in [0.25, 0.3) is 0 Å². The Morgan fingerprint density at radius 3 is 2.54 bits per heavy atom. The van der Waals surface area contributed by atoms with E-state index in [0.717, 1.165) is 25.7 Å². The van der Waals surface area contributed by atoms with Gasteiger partial charge < -0.3 is 14.0 Å². The first kappa shape index (κ1) is 19.1. The average Bonchev–Trinajstić information content (AvgIpc) is 3.24. The Kier molecular flexibility index (Phi) is 5.83. The summed E-state index contributed by atoms with van der Waals surface area (Å²) in [5.74, 6) is -0.558. The molecule has 1 saturated heterocycles. The van der Waals surface area contributed by atoms with Crippen LogP contribution in [0.25, 0.3) is 0 Å². The van der Waals surface area contributed by atoms with E-state index in [0.29, 0.717) is 13.2 Å². The van der Waals surface area contributed by atoms with Crippen molar-refractivity contribution in [1.29, 1.82) is 0 Å². The Bertz CT molecular complexity index is 713. The molecule has 0 amide bonds. The van der Waals surface area contributed by atoms with Crippen LogP contribution in [0.5, 0.6) is 0 Å². The van der Waals surface area contributed by atoms with Crippen molar-refractivity contribution in [3.05, 3.63) is 52.6 Å². The van der Waals surface area contributed by atoms with Crippen molar-refractivity contribution in [2.75, 3.05) is 6.61 Å². The summed E-state index contributed by atoms with van der Waals surface area (Å²) >= 11 is 0. The monoisotopic (exact) mass is 356 g/mol. The predicted molar refractivity (Wildman–Crippen MR) is 104 cm³/mol. The van der Waals surface area contributed by atoms with Gasteiger partial charge in [-0.3, -0.25) is 0 Å². The Hall–Kier alpha value is -1.65. The molecule has 1 aliphatic rings. The van der Waals surface area contributed by atoms with Crippen molar-refractivity contribution in [2.45, 2.75) is 78.7 Å². The average molecular weight is 357 g/mol. The fraction of sp³-hybridized carbons (Fsp3) is 0.591. The van der Waals surface area contributed by atoms with E-state index in [1.165, 1.54) is 27.8 Å². The molecule has 0 spiro atoms. The first-order chi connectivity index (χ1) is 12.4. The molecule has 26 heavy (non-hydrogen) atoms. The largest absolute Gasteiger partial charge is 0.345 e. The van der Waals surface area contributed by atoms with Gasteiger partial charge in [-0.2, -0.15) is 0 Å².